The summed E-state index contributed by atoms with van der Waals surface area (Å²) in [4.78, 5) is 0. The minimum absolute atomic E-state index is 0.271. The van der Waals surface area contributed by atoms with Crippen molar-refractivity contribution in [2.45, 2.75) is 25.9 Å². The summed E-state index contributed by atoms with van der Waals surface area (Å²) in [6.45, 7) is 4.35. The van der Waals surface area contributed by atoms with Gasteiger partial charge in [0.1, 0.15) is 0 Å². The van der Waals surface area contributed by atoms with Crippen molar-refractivity contribution in [2.24, 2.45) is 0 Å². The van der Waals surface area contributed by atoms with Gasteiger partial charge < -0.3 is 5.32 Å². The van der Waals surface area contributed by atoms with Gasteiger partial charge in [0.25, 0.3) is 0 Å². The van der Waals surface area contributed by atoms with E-state index in [9.17, 15) is 0 Å². The molecule has 2 unspecified atom stereocenters. The van der Waals surface area contributed by atoms with Crippen molar-refractivity contribution in [1.29, 1.82) is 0 Å². The van der Waals surface area contributed by atoms with Crippen molar-refractivity contribution >= 4 is 34.2 Å². The number of nitrogens with one attached hydrogen (secondary N) is 1. The van der Waals surface area contributed by atoms with Crippen LogP contribution in [0, 0.1) is 3.57 Å². The van der Waals surface area contributed by atoms with E-state index < -0.39 is 0 Å². The summed E-state index contributed by atoms with van der Waals surface area (Å²) in [6.07, 6.45) is 0. The van der Waals surface area contributed by atoms with E-state index in [0.717, 1.165) is 5.02 Å². The van der Waals surface area contributed by atoms with Gasteiger partial charge in [-0.05, 0) is 71.8 Å². The van der Waals surface area contributed by atoms with Crippen LogP contribution in [-0.4, -0.2) is 0 Å². The average molecular weight is 386 g/mol. The quantitative estimate of drug-likeness (QED) is 0.699. The standard InChI is InChI=1S/C16H17ClIN/c1-11(13-6-8-16(18)9-7-13)19-12(2)14-4-3-5-15(17)10-14/h3-12,19H,1-2H3. The Morgan fingerprint density at radius 2 is 1.58 bits per heavy atom. The van der Waals surface area contributed by atoms with Crippen LogP contribution >= 0.6 is 34.2 Å². The molecule has 2 atom stereocenters. The van der Waals surface area contributed by atoms with E-state index >= 15 is 0 Å². The van der Waals surface area contributed by atoms with Crippen LogP contribution in [0.1, 0.15) is 37.1 Å². The molecule has 0 radical (unpaired) electrons. The van der Waals surface area contributed by atoms with Gasteiger partial charge in [-0.3, -0.25) is 0 Å². The van der Waals surface area contributed by atoms with E-state index in [-0.39, 0.29) is 6.04 Å². The van der Waals surface area contributed by atoms with Gasteiger partial charge in [0.15, 0.2) is 0 Å². The Morgan fingerprint density at radius 3 is 2.21 bits per heavy atom. The van der Waals surface area contributed by atoms with Gasteiger partial charge >= 0.3 is 0 Å². The second kappa shape index (κ2) is 6.73. The maximum atomic E-state index is 6.03. The van der Waals surface area contributed by atoms with Crippen LogP contribution in [0.25, 0.3) is 0 Å². The van der Waals surface area contributed by atoms with Gasteiger partial charge in [0.2, 0.25) is 0 Å². The molecular formula is C16H17ClIN. The molecule has 1 N–H and O–H groups in total. The zero-order valence-corrected chi connectivity index (χ0v) is 13.9. The zero-order valence-electron chi connectivity index (χ0n) is 11.0. The average Bonchev–Trinajstić information content (AvgIpc) is 2.39. The van der Waals surface area contributed by atoms with E-state index in [2.05, 4.69) is 72.1 Å². The minimum atomic E-state index is 0.271. The summed E-state index contributed by atoms with van der Waals surface area (Å²) in [7, 11) is 0. The van der Waals surface area contributed by atoms with Crippen LogP contribution in [0.4, 0.5) is 0 Å². The van der Waals surface area contributed by atoms with Gasteiger partial charge in [-0.2, -0.15) is 0 Å². The third kappa shape index (κ3) is 4.20. The Labute approximate surface area is 133 Å². The topological polar surface area (TPSA) is 12.0 Å². The smallest absolute Gasteiger partial charge is 0.0409 e. The molecule has 0 aliphatic rings. The van der Waals surface area contributed by atoms with Crippen molar-refractivity contribution in [3.63, 3.8) is 0 Å². The number of benzene rings is 2. The number of halogens is 2. The van der Waals surface area contributed by atoms with E-state index in [1.54, 1.807) is 0 Å². The predicted molar refractivity (Wildman–Crippen MR) is 90.6 cm³/mol. The maximum Gasteiger partial charge on any atom is 0.0409 e. The molecule has 0 amide bonds. The van der Waals surface area contributed by atoms with Crippen molar-refractivity contribution in [2.75, 3.05) is 0 Å². The predicted octanol–water partition coefficient (Wildman–Crippen LogP) is 5.36. The van der Waals surface area contributed by atoms with Gasteiger partial charge in [-0.1, -0.05) is 35.9 Å². The second-order valence-electron chi connectivity index (χ2n) is 4.72. The maximum absolute atomic E-state index is 6.03. The van der Waals surface area contributed by atoms with Gasteiger partial charge in [-0.25, -0.2) is 0 Å². The minimum Gasteiger partial charge on any atom is -0.304 e. The Morgan fingerprint density at radius 1 is 0.947 bits per heavy atom. The first kappa shape index (κ1) is 14.8. The lowest BCUT2D eigenvalue weighted by molar-refractivity contribution is 0.494. The lowest BCUT2D eigenvalue weighted by Gasteiger charge is -2.21. The molecule has 0 spiro atoms. The van der Waals surface area contributed by atoms with Crippen LogP contribution in [0.15, 0.2) is 48.5 Å². The SMILES string of the molecule is CC(NC(C)c1cccc(Cl)c1)c1ccc(I)cc1. The number of hydrogen-bond acceptors (Lipinski definition) is 1. The van der Waals surface area contributed by atoms with Crippen molar-refractivity contribution in [3.8, 4) is 0 Å². The summed E-state index contributed by atoms with van der Waals surface area (Å²) in [5, 5.41) is 4.38. The van der Waals surface area contributed by atoms with Crippen molar-refractivity contribution in [3.05, 3.63) is 68.3 Å². The summed E-state index contributed by atoms with van der Waals surface area (Å²) in [5.41, 5.74) is 2.51. The van der Waals surface area contributed by atoms with E-state index in [4.69, 9.17) is 11.6 Å². The van der Waals surface area contributed by atoms with Gasteiger partial charge in [0, 0.05) is 20.7 Å². The molecular weight excluding hydrogens is 369 g/mol. The summed E-state index contributed by atoms with van der Waals surface area (Å²) >= 11 is 8.35. The highest BCUT2D eigenvalue weighted by Gasteiger charge is 2.11. The second-order valence-corrected chi connectivity index (χ2v) is 6.40. The van der Waals surface area contributed by atoms with E-state index in [1.807, 2.05) is 18.2 Å². The molecule has 0 saturated carbocycles. The third-order valence-corrected chi connectivity index (χ3v) is 4.17. The normalized spacial score (nSPS) is 14.1. The Bertz CT molecular complexity index is 539. The lowest BCUT2D eigenvalue weighted by Crippen LogP contribution is -2.22. The fraction of sp³-hybridized carbons (Fsp3) is 0.250. The van der Waals surface area contributed by atoms with Crippen LogP contribution in [0.2, 0.25) is 5.02 Å². The zero-order chi connectivity index (χ0) is 13.8. The molecule has 0 heterocycles. The first-order valence-electron chi connectivity index (χ1n) is 6.33. The molecule has 0 bridgehead atoms. The molecule has 0 aliphatic heterocycles. The highest BCUT2D eigenvalue weighted by Crippen LogP contribution is 2.22. The van der Waals surface area contributed by atoms with Crippen LogP contribution in [0.3, 0.4) is 0 Å². The Balaban J connectivity index is 2.06. The van der Waals surface area contributed by atoms with Gasteiger partial charge in [-0.15, -0.1) is 0 Å². The summed E-state index contributed by atoms with van der Waals surface area (Å²) < 4.78 is 1.26. The molecule has 2 aromatic rings. The highest BCUT2D eigenvalue weighted by atomic mass is 127. The monoisotopic (exact) mass is 385 g/mol. The molecule has 2 rings (SSSR count). The molecule has 19 heavy (non-hydrogen) atoms. The summed E-state index contributed by atoms with van der Waals surface area (Å²) in [6, 6.07) is 17.2. The Kier molecular flexibility index (Phi) is 5.25. The lowest BCUT2D eigenvalue weighted by atomic mass is 10.0. The molecule has 100 valence electrons. The number of rotatable bonds is 4. The van der Waals surface area contributed by atoms with Gasteiger partial charge in [0.05, 0.1) is 0 Å². The summed E-state index contributed by atoms with van der Waals surface area (Å²) in [5.74, 6) is 0. The first-order chi connectivity index (χ1) is 9.06. The molecule has 0 saturated heterocycles. The Hall–Kier alpha value is -0.580. The third-order valence-electron chi connectivity index (χ3n) is 3.22. The van der Waals surface area contributed by atoms with Crippen LogP contribution in [0.5, 0.6) is 0 Å². The fourth-order valence-electron chi connectivity index (χ4n) is 2.09. The van der Waals surface area contributed by atoms with E-state index in [0.29, 0.717) is 6.04 Å². The van der Waals surface area contributed by atoms with Crippen molar-refractivity contribution in [1.82, 2.24) is 5.32 Å². The highest BCUT2D eigenvalue weighted by molar-refractivity contribution is 14.1. The van der Waals surface area contributed by atoms with Crippen molar-refractivity contribution < 1.29 is 0 Å². The number of hydrogen-bond donors (Lipinski definition) is 1. The van der Waals surface area contributed by atoms with Crippen LogP contribution in [-0.2, 0) is 0 Å². The molecule has 2 aromatic carbocycles. The molecule has 0 aliphatic carbocycles. The fourth-order valence-corrected chi connectivity index (χ4v) is 2.65. The van der Waals surface area contributed by atoms with E-state index in [1.165, 1.54) is 14.7 Å². The molecule has 0 aromatic heterocycles. The molecule has 3 heteroatoms. The van der Waals surface area contributed by atoms with Crippen LogP contribution < -0.4 is 5.32 Å². The first-order valence-corrected chi connectivity index (χ1v) is 7.79. The molecule has 1 nitrogen and oxygen atoms in total. The largest absolute Gasteiger partial charge is 0.304 e. The molecule has 0 fully saturated rings.